The van der Waals surface area contributed by atoms with Crippen LogP contribution in [-0.2, 0) is 4.74 Å². The number of ether oxygens (including phenoxy) is 1. The first-order valence-corrected chi connectivity index (χ1v) is 2.17. The summed E-state index contributed by atoms with van der Waals surface area (Å²) in [5.74, 6) is -1.06. The van der Waals surface area contributed by atoms with Crippen molar-refractivity contribution in [3.63, 3.8) is 0 Å². The fourth-order valence-corrected chi connectivity index (χ4v) is 0.517. The second-order valence-electron chi connectivity index (χ2n) is 1.57. The summed E-state index contributed by atoms with van der Waals surface area (Å²) in [6.07, 6.45) is 0. The van der Waals surface area contributed by atoms with Crippen LogP contribution in [0, 0.1) is 0 Å². The highest BCUT2D eigenvalue weighted by molar-refractivity contribution is 4.66. The van der Waals surface area contributed by atoms with Crippen LogP contribution in [0.1, 0.15) is 0 Å². The average molecular weight is 103 g/mol. The van der Waals surface area contributed by atoms with Gasteiger partial charge in [-0.05, 0) is 0 Å². The highest BCUT2D eigenvalue weighted by Gasteiger charge is 2.23. The molecule has 1 heterocycles. The number of hydrogen-bond donors (Lipinski definition) is 3. The Hall–Kier alpha value is -0.160. The fourth-order valence-electron chi connectivity index (χ4n) is 0.517. The van der Waals surface area contributed by atoms with Crippen LogP contribution in [0.25, 0.3) is 0 Å². The van der Waals surface area contributed by atoms with Crippen LogP contribution in [0.5, 0.6) is 0 Å². The van der Waals surface area contributed by atoms with Crippen molar-refractivity contribution in [1.82, 2.24) is 5.32 Å². The molecule has 0 atom stereocenters. The van der Waals surface area contributed by atoms with E-state index in [1.165, 1.54) is 0 Å². The quantitative estimate of drug-likeness (QED) is 0.314. The molecule has 0 saturated carbocycles. The van der Waals surface area contributed by atoms with Crippen molar-refractivity contribution in [3.8, 4) is 0 Å². The third kappa shape index (κ3) is 1.10. The molecule has 0 bridgehead atoms. The normalized spacial score (nSPS) is 28.3. The molecule has 1 saturated heterocycles. The van der Waals surface area contributed by atoms with Gasteiger partial charge in [-0.25, -0.2) is 0 Å². The minimum atomic E-state index is -1.06. The highest BCUT2D eigenvalue weighted by Crippen LogP contribution is 1.93. The molecule has 4 nitrogen and oxygen atoms in total. The molecular formula is C3H9N3O. The topological polar surface area (TPSA) is 73.3 Å². The van der Waals surface area contributed by atoms with Crippen LogP contribution in [0.4, 0.5) is 0 Å². The van der Waals surface area contributed by atoms with Gasteiger partial charge in [0.1, 0.15) is 0 Å². The van der Waals surface area contributed by atoms with Gasteiger partial charge in [0.25, 0.3) is 0 Å². The second-order valence-corrected chi connectivity index (χ2v) is 1.57. The molecule has 0 spiro atoms. The molecular weight excluding hydrogens is 94.1 g/mol. The van der Waals surface area contributed by atoms with Crippen molar-refractivity contribution in [2.75, 3.05) is 13.2 Å². The molecule has 1 fully saturated rings. The Morgan fingerprint density at radius 2 is 2.29 bits per heavy atom. The smallest absolute Gasteiger partial charge is 0.230 e. The molecule has 1 aliphatic rings. The van der Waals surface area contributed by atoms with Gasteiger partial charge >= 0.3 is 0 Å². The first kappa shape index (κ1) is 4.99. The average Bonchev–Trinajstić information content (AvgIpc) is 1.84. The van der Waals surface area contributed by atoms with Crippen LogP contribution < -0.4 is 16.8 Å². The highest BCUT2D eigenvalue weighted by atomic mass is 16.5. The molecule has 0 unspecified atom stereocenters. The van der Waals surface area contributed by atoms with Crippen molar-refractivity contribution in [1.29, 1.82) is 0 Å². The minimum absolute atomic E-state index is 0.604. The standard InChI is InChI=1S/C3H9N3O/c4-3(5)6-1-2-7-3/h6H,1-2,4-5H2. The van der Waals surface area contributed by atoms with Crippen LogP contribution in [0.2, 0.25) is 0 Å². The minimum Gasteiger partial charge on any atom is -0.334 e. The van der Waals surface area contributed by atoms with E-state index in [1.54, 1.807) is 0 Å². The van der Waals surface area contributed by atoms with Gasteiger partial charge in [-0.1, -0.05) is 0 Å². The molecule has 0 amide bonds. The SMILES string of the molecule is NC1(N)NCCO1. The number of nitrogens with one attached hydrogen (secondary N) is 1. The van der Waals surface area contributed by atoms with Crippen molar-refractivity contribution in [2.45, 2.75) is 5.97 Å². The number of rotatable bonds is 0. The third-order valence-electron chi connectivity index (χ3n) is 0.844. The molecule has 0 aromatic heterocycles. The van der Waals surface area contributed by atoms with Gasteiger partial charge < -0.3 is 4.74 Å². The van der Waals surface area contributed by atoms with Crippen molar-refractivity contribution < 1.29 is 4.74 Å². The maximum Gasteiger partial charge on any atom is 0.230 e. The summed E-state index contributed by atoms with van der Waals surface area (Å²) in [7, 11) is 0. The van der Waals surface area contributed by atoms with Gasteiger partial charge in [0.05, 0.1) is 6.61 Å². The van der Waals surface area contributed by atoms with Crippen molar-refractivity contribution in [3.05, 3.63) is 0 Å². The zero-order valence-electron chi connectivity index (χ0n) is 3.98. The summed E-state index contributed by atoms with van der Waals surface area (Å²) in [6, 6.07) is 0. The second kappa shape index (κ2) is 1.41. The summed E-state index contributed by atoms with van der Waals surface area (Å²) < 4.78 is 4.78. The van der Waals surface area contributed by atoms with Gasteiger partial charge in [0.15, 0.2) is 0 Å². The van der Waals surface area contributed by atoms with Gasteiger partial charge in [0.2, 0.25) is 5.97 Å². The van der Waals surface area contributed by atoms with E-state index in [2.05, 4.69) is 5.32 Å². The molecule has 0 radical (unpaired) electrons. The van der Waals surface area contributed by atoms with Crippen molar-refractivity contribution >= 4 is 0 Å². The maximum atomic E-state index is 5.22. The van der Waals surface area contributed by atoms with Crippen LogP contribution >= 0.6 is 0 Å². The lowest BCUT2D eigenvalue weighted by molar-refractivity contribution is 0.00123. The summed E-state index contributed by atoms with van der Waals surface area (Å²) in [5.41, 5.74) is 10.4. The molecule has 1 rings (SSSR count). The summed E-state index contributed by atoms with van der Waals surface area (Å²) in [5, 5.41) is 2.73. The molecule has 7 heavy (non-hydrogen) atoms. The zero-order valence-corrected chi connectivity index (χ0v) is 3.98. The Morgan fingerprint density at radius 1 is 1.57 bits per heavy atom. The lowest BCUT2D eigenvalue weighted by Crippen LogP contribution is -2.58. The Kier molecular flexibility index (Phi) is 1.01. The van der Waals surface area contributed by atoms with Gasteiger partial charge in [-0.15, -0.1) is 0 Å². The van der Waals surface area contributed by atoms with Crippen LogP contribution in [0.15, 0.2) is 0 Å². The van der Waals surface area contributed by atoms with E-state index >= 15 is 0 Å². The summed E-state index contributed by atoms with van der Waals surface area (Å²) in [6.45, 7) is 1.35. The molecule has 0 aromatic carbocycles. The lowest BCUT2D eigenvalue weighted by atomic mass is 10.7. The molecule has 0 aliphatic carbocycles. The van der Waals surface area contributed by atoms with Gasteiger partial charge in [-0.2, -0.15) is 0 Å². The lowest BCUT2D eigenvalue weighted by Gasteiger charge is -2.14. The molecule has 4 heteroatoms. The Bertz CT molecular complexity index is 64.6. The first-order chi connectivity index (χ1) is 3.21. The zero-order chi connectivity index (χ0) is 5.33. The Morgan fingerprint density at radius 3 is 2.43 bits per heavy atom. The fraction of sp³-hybridized carbons (Fsp3) is 1.00. The van der Waals surface area contributed by atoms with Gasteiger partial charge in [0, 0.05) is 6.54 Å². The van der Waals surface area contributed by atoms with Crippen LogP contribution in [-0.4, -0.2) is 19.1 Å². The van der Waals surface area contributed by atoms with Gasteiger partial charge in [-0.3, -0.25) is 16.8 Å². The number of hydrogen-bond acceptors (Lipinski definition) is 4. The number of nitrogens with two attached hydrogens (primary N) is 2. The van der Waals surface area contributed by atoms with E-state index in [4.69, 9.17) is 16.2 Å². The molecule has 5 N–H and O–H groups in total. The van der Waals surface area contributed by atoms with E-state index < -0.39 is 5.97 Å². The third-order valence-corrected chi connectivity index (χ3v) is 0.844. The first-order valence-electron chi connectivity index (χ1n) is 2.17. The summed E-state index contributed by atoms with van der Waals surface area (Å²) >= 11 is 0. The predicted octanol–water partition coefficient (Wildman–Crippen LogP) is -1.87. The maximum absolute atomic E-state index is 5.22. The van der Waals surface area contributed by atoms with E-state index in [0.717, 1.165) is 6.54 Å². The van der Waals surface area contributed by atoms with E-state index in [1.807, 2.05) is 0 Å². The Balaban J connectivity index is 2.40. The summed E-state index contributed by atoms with van der Waals surface area (Å²) in [4.78, 5) is 0. The van der Waals surface area contributed by atoms with E-state index in [0.29, 0.717) is 6.61 Å². The predicted molar refractivity (Wildman–Crippen MR) is 25.1 cm³/mol. The molecule has 1 aliphatic heterocycles. The largest absolute Gasteiger partial charge is 0.334 e. The molecule has 42 valence electrons. The van der Waals surface area contributed by atoms with E-state index in [-0.39, 0.29) is 0 Å². The van der Waals surface area contributed by atoms with E-state index in [9.17, 15) is 0 Å². The monoisotopic (exact) mass is 103 g/mol. The van der Waals surface area contributed by atoms with Crippen LogP contribution in [0.3, 0.4) is 0 Å². The molecule has 0 aromatic rings. The Labute approximate surface area is 41.8 Å². The van der Waals surface area contributed by atoms with Crippen molar-refractivity contribution in [2.24, 2.45) is 11.5 Å².